The summed E-state index contributed by atoms with van der Waals surface area (Å²) < 4.78 is 7.45. The molecule has 2 atom stereocenters. The van der Waals surface area contributed by atoms with E-state index in [0.717, 1.165) is 28.3 Å². The average Bonchev–Trinajstić information content (AvgIpc) is 3.02. The van der Waals surface area contributed by atoms with Crippen molar-refractivity contribution in [2.45, 2.75) is 37.3 Å². The second-order valence-corrected chi connectivity index (χ2v) is 9.45. The van der Waals surface area contributed by atoms with Gasteiger partial charge in [-0.05, 0) is 56.2 Å². The number of hydrogen-bond acceptors (Lipinski definition) is 6. The van der Waals surface area contributed by atoms with E-state index < -0.39 is 0 Å². The largest absolute Gasteiger partial charge is 0.440 e. The topological polar surface area (TPSA) is 60.0 Å². The first-order chi connectivity index (χ1) is 14.2. The monoisotopic (exact) mass is 409 g/mol. The van der Waals surface area contributed by atoms with Crippen molar-refractivity contribution in [3.05, 3.63) is 48.0 Å². The first-order valence-corrected chi connectivity index (χ1v) is 11.3. The van der Waals surface area contributed by atoms with Gasteiger partial charge in [0.2, 0.25) is 5.82 Å². The molecule has 0 bridgehead atoms. The van der Waals surface area contributed by atoms with Gasteiger partial charge >= 0.3 is 0 Å². The molecule has 3 aromatic rings. The summed E-state index contributed by atoms with van der Waals surface area (Å²) >= 11 is 1.77. The second-order valence-electron chi connectivity index (χ2n) is 8.39. The molecule has 1 aliphatic carbocycles. The molecule has 1 saturated heterocycles. The molecular weight excluding hydrogens is 382 g/mol. The van der Waals surface area contributed by atoms with Crippen LogP contribution in [0.4, 0.5) is 0 Å². The highest BCUT2D eigenvalue weighted by molar-refractivity contribution is 7.99. The summed E-state index contributed by atoms with van der Waals surface area (Å²) in [6.07, 6.45) is 5.34. The van der Waals surface area contributed by atoms with Gasteiger partial charge in [0.1, 0.15) is 0 Å². The lowest BCUT2D eigenvalue weighted by atomic mass is 9.98. The molecule has 2 aliphatic rings. The molecule has 29 heavy (non-hydrogen) atoms. The van der Waals surface area contributed by atoms with Gasteiger partial charge in [-0.2, -0.15) is 0 Å². The third kappa shape index (κ3) is 3.62. The molecule has 1 aromatic carbocycles. The summed E-state index contributed by atoms with van der Waals surface area (Å²) in [6.45, 7) is 5.59. The Morgan fingerprint density at radius 2 is 2.10 bits per heavy atom. The van der Waals surface area contributed by atoms with Crippen molar-refractivity contribution in [2.24, 2.45) is 12.5 Å². The molecule has 1 aliphatic heterocycles. The van der Waals surface area contributed by atoms with Crippen LogP contribution in [0, 0.1) is 12.3 Å². The van der Waals surface area contributed by atoms with Crippen LogP contribution in [-0.2, 0) is 7.05 Å². The van der Waals surface area contributed by atoms with Crippen LogP contribution in [0.3, 0.4) is 0 Å². The SMILES string of the molecule is Cc1ncoc1-c1nnc(SCCCN2CC[C@]3(CC3c3ccccc3)C2)n1C. The van der Waals surface area contributed by atoms with Gasteiger partial charge in [-0.25, -0.2) is 4.98 Å². The first-order valence-electron chi connectivity index (χ1n) is 10.4. The average molecular weight is 410 g/mol. The van der Waals surface area contributed by atoms with E-state index in [4.69, 9.17) is 4.42 Å². The minimum Gasteiger partial charge on any atom is -0.440 e. The number of nitrogens with zero attached hydrogens (tertiary/aromatic N) is 5. The van der Waals surface area contributed by atoms with Gasteiger partial charge in [-0.1, -0.05) is 42.1 Å². The Morgan fingerprint density at radius 1 is 1.24 bits per heavy atom. The van der Waals surface area contributed by atoms with Gasteiger partial charge in [0.05, 0.1) is 5.69 Å². The molecule has 0 N–H and O–H groups in total. The van der Waals surface area contributed by atoms with E-state index in [1.807, 2.05) is 18.5 Å². The molecular formula is C22H27N5OS. The summed E-state index contributed by atoms with van der Waals surface area (Å²) in [5.74, 6) is 3.27. The van der Waals surface area contributed by atoms with Crippen molar-refractivity contribution in [1.29, 1.82) is 0 Å². The van der Waals surface area contributed by atoms with Crippen molar-refractivity contribution in [3.8, 4) is 11.6 Å². The van der Waals surface area contributed by atoms with Gasteiger partial charge < -0.3 is 13.9 Å². The molecule has 2 aromatic heterocycles. The van der Waals surface area contributed by atoms with Crippen LogP contribution in [0.25, 0.3) is 11.6 Å². The van der Waals surface area contributed by atoms with E-state index in [0.29, 0.717) is 11.2 Å². The first kappa shape index (κ1) is 18.9. The Labute approximate surface area is 175 Å². The standard InChI is InChI=1S/C22H27N5OS/c1-16-19(28-15-23-16)20-24-25-21(26(20)2)29-12-6-10-27-11-9-22(14-27)13-18(22)17-7-4-3-5-8-17/h3-5,7-8,15,18H,6,9-14H2,1-2H3/t18?,22-/m0/s1. The number of rotatable bonds is 7. The van der Waals surface area contributed by atoms with E-state index in [9.17, 15) is 0 Å². The van der Waals surface area contributed by atoms with Gasteiger partial charge in [-0.15, -0.1) is 10.2 Å². The zero-order valence-corrected chi connectivity index (χ0v) is 17.9. The normalized spacial score (nSPS) is 23.9. The van der Waals surface area contributed by atoms with Crippen molar-refractivity contribution >= 4 is 11.8 Å². The molecule has 3 heterocycles. The maximum absolute atomic E-state index is 5.45. The van der Waals surface area contributed by atoms with Crippen LogP contribution in [0.15, 0.2) is 46.3 Å². The summed E-state index contributed by atoms with van der Waals surface area (Å²) in [5, 5.41) is 9.55. The maximum Gasteiger partial charge on any atom is 0.202 e. The number of benzene rings is 1. The summed E-state index contributed by atoms with van der Waals surface area (Å²) in [6, 6.07) is 11.1. The van der Waals surface area contributed by atoms with Crippen molar-refractivity contribution in [1.82, 2.24) is 24.6 Å². The highest BCUT2D eigenvalue weighted by Gasteiger charge is 2.57. The molecule has 5 rings (SSSR count). The number of hydrogen-bond donors (Lipinski definition) is 0. The molecule has 7 heteroatoms. The molecule has 1 spiro atoms. The Morgan fingerprint density at radius 3 is 2.90 bits per heavy atom. The zero-order chi connectivity index (χ0) is 19.8. The Bertz CT molecular complexity index is 984. The Hall–Kier alpha value is -2.12. The minimum absolute atomic E-state index is 0.557. The van der Waals surface area contributed by atoms with E-state index >= 15 is 0 Å². The van der Waals surface area contributed by atoms with Crippen molar-refractivity contribution < 1.29 is 4.42 Å². The maximum atomic E-state index is 5.45. The van der Waals surface area contributed by atoms with E-state index in [1.54, 1.807) is 11.8 Å². The smallest absolute Gasteiger partial charge is 0.202 e. The molecule has 0 radical (unpaired) electrons. The molecule has 6 nitrogen and oxygen atoms in total. The summed E-state index contributed by atoms with van der Waals surface area (Å²) in [4.78, 5) is 6.80. The van der Waals surface area contributed by atoms with Crippen LogP contribution in [-0.4, -0.2) is 50.0 Å². The number of aryl methyl sites for hydroxylation is 1. The number of oxazole rings is 1. The molecule has 1 saturated carbocycles. The third-order valence-corrected chi connectivity index (χ3v) is 7.60. The van der Waals surface area contributed by atoms with Crippen LogP contribution in [0.5, 0.6) is 0 Å². The van der Waals surface area contributed by atoms with Crippen LogP contribution in [0.2, 0.25) is 0 Å². The number of thioether (sulfide) groups is 1. The Kier molecular flexibility index (Phi) is 4.95. The van der Waals surface area contributed by atoms with Crippen molar-refractivity contribution in [3.63, 3.8) is 0 Å². The van der Waals surface area contributed by atoms with Crippen molar-refractivity contribution in [2.75, 3.05) is 25.4 Å². The van der Waals surface area contributed by atoms with Crippen LogP contribution < -0.4 is 0 Å². The fourth-order valence-corrected chi connectivity index (χ4v) is 5.57. The molecule has 1 unspecified atom stereocenters. The predicted molar refractivity (Wildman–Crippen MR) is 114 cm³/mol. The van der Waals surface area contributed by atoms with Gasteiger partial charge in [0, 0.05) is 19.3 Å². The van der Waals surface area contributed by atoms with E-state index in [-0.39, 0.29) is 0 Å². The molecule has 0 amide bonds. The second kappa shape index (κ2) is 7.61. The summed E-state index contributed by atoms with van der Waals surface area (Å²) in [7, 11) is 1.99. The lowest BCUT2D eigenvalue weighted by Crippen LogP contribution is -2.23. The van der Waals surface area contributed by atoms with E-state index in [1.165, 1.54) is 50.9 Å². The highest BCUT2D eigenvalue weighted by atomic mass is 32.2. The fraction of sp³-hybridized carbons (Fsp3) is 0.500. The van der Waals surface area contributed by atoms with Gasteiger partial charge in [-0.3, -0.25) is 0 Å². The van der Waals surface area contributed by atoms with Crippen LogP contribution >= 0.6 is 11.8 Å². The predicted octanol–water partition coefficient (Wildman–Crippen LogP) is 4.14. The van der Waals surface area contributed by atoms with E-state index in [2.05, 4.69) is 50.4 Å². The quantitative estimate of drug-likeness (QED) is 0.432. The lowest BCUT2D eigenvalue weighted by molar-refractivity contribution is 0.319. The number of aromatic nitrogens is 4. The van der Waals surface area contributed by atoms with Gasteiger partial charge in [0.15, 0.2) is 17.3 Å². The summed E-state index contributed by atoms with van der Waals surface area (Å²) in [5.41, 5.74) is 2.93. The molecule has 2 fully saturated rings. The minimum atomic E-state index is 0.557. The van der Waals surface area contributed by atoms with Gasteiger partial charge in [0.25, 0.3) is 0 Å². The fourth-order valence-electron chi connectivity index (χ4n) is 4.74. The highest BCUT2D eigenvalue weighted by Crippen LogP contribution is 2.64. The third-order valence-electron chi connectivity index (χ3n) is 6.49. The number of likely N-dealkylation sites (tertiary alicyclic amines) is 1. The molecule has 152 valence electrons. The van der Waals surface area contributed by atoms with Crippen LogP contribution in [0.1, 0.15) is 36.4 Å². The Balaban J connectivity index is 1.10. The zero-order valence-electron chi connectivity index (χ0n) is 17.0. The lowest BCUT2D eigenvalue weighted by Gasteiger charge is -2.16.